The summed E-state index contributed by atoms with van der Waals surface area (Å²) in [5.74, 6) is 1.34. The third-order valence-corrected chi connectivity index (χ3v) is 7.62. The second-order valence-corrected chi connectivity index (χ2v) is 9.67. The zero-order valence-corrected chi connectivity index (χ0v) is 18.6. The summed E-state index contributed by atoms with van der Waals surface area (Å²) in [6.07, 6.45) is 1.11. The molecular weight excluding hydrogens is 410 g/mol. The fourth-order valence-electron chi connectivity index (χ4n) is 4.21. The van der Waals surface area contributed by atoms with Gasteiger partial charge in [-0.15, -0.1) is 0 Å². The van der Waals surface area contributed by atoms with E-state index >= 15 is 0 Å². The molecule has 6 heteroatoms. The minimum atomic E-state index is -3.50. The summed E-state index contributed by atoms with van der Waals surface area (Å²) < 4.78 is 39.6. The van der Waals surface area contributed by atoms with Crippen LogP contribution >= 0.6 is 0 Å². The van der Waals surface area contributed by atoms with Crippen molar-refractivity contribution in [3.8, 4) is 11.5 Å². The Balaban J connectivity index is 1.74. The summed E-state index contributed by atoms with van der Waals surface area (Å²) in [6, 6.07) is 23.0. The molecule has 0 spiro atoms. The number of sulfonamides is 1. The average molecular weight is 438 g/mol. The number of benzene rings is 3. The zero-order valence-electron chi connectivity index (χ0n) is 17.8. The van der Waals surface area contributed by atoms with Gasteiger partial charge in [0.15, 0.2) is 11.5 Å². The van der Waals surface area contributed by atoms with Gasteiger partial charge in [-0.2, -0.15) is 4.31 Å². The molecule has 1 atom stereocenters. The lowest BCUT2D eigenvalue weighted by molar-refractivity contribution is 0.332. The molecule has 162 valence electrons. The quantitative estimate of drug-likeness (QED) is 0.555. The molecule has 1 heterocycles. The Kier molecular flexibility index (Phi) is 6.30. The van der Waals surface area contributed by atoms with Crippen molar-refractivity contribution in [2.75, 3.05) is 26.5 Å². The molecule has 0 aliphatic carbocycles. The van der Waals surface area contributed by atoms with E-state index in [1.165, 1.54) is 0 Å². The summed E-state index contributed by atoms with van der Waals surface area (Å²) in [7, 11) is -0.286. The van der Waals surface area contributed by atoms with Crippen LogP contribution in [0.15, 0.2) is 72.8 Å². The lowest BCUT2D eigenvalue weighted by atomic mass is 9.89. The number of hydrogen-bond donors (Lipinski definition) is 0. The van der Waals surface area contributed by atoms with E-state index in [4.69, 9.17) is 9.47 Å². The highest BCUT2D eigenvalue weighted by atomic mass is 32.2. The second kappa shape index (κ2) is 9.12. The van der Waals surface area contributed by atoms with Crippen LogP contribution in [-0.4, -0.2) is 39.2 Å². The number of hydrogen-bond acceptors (Lipinski definition) is 4. The van der Waals surface area contributed by atoms with Gasteiger partial charge in [0.05, 0.1) is 26.0 Å². The van der Waals surface area contributed by atoms with E-state index in [1.807, 2.05) is 72.8 Å². The van der Waals surface area contributed by atoms with Crippen LogP contribution in [0.2, 0.25) is 0 Å². The largest absolute Gasteiger partial charge is 0.493 e. The van der Waals surface area contributed by atoms with Crippen molar-refractivity contribution < 1.29 is 17.9 Å². The Labute approximate surface area is 184 Å². The summed E-state index contributed by atoms with van der Waals surface area (Å²) in [5.41, 5.74) is 3.99. The predicted octanol–water partition coefficient (Wildman–Crippen LogP) is 4.22. The summed E-state index contributed by atoms with van der Waals surface area (Å²) in [5, 5.41) is 0. The molecule has 1 unspecified atom stereocenters. The molecule has 0 N–H and O–H groups in total. The lowest BCUT2D eigenvalue weighted by Gasteiger charge is -2.37. The fourth-order valence-corrected chi connectivity index (χ4v) is 5.87. The first kappa shape index (κ1) is 21.4. The van der Waals surface area contributed by atoms with E-state index in [2.05, 4.69) is 0 Å². The van der Waals surface area contributed by atoms with Crippen LogP contribution in [0, 0.1) is 0 Å². The van der Waals surface area contributed by atoms with Crippen LogP contribution in [0.4, 0.5) is 0 Å². The average Bonchev–Trinajstić information content (AvgIpc) is 2.82. The Bertz CT molecular complexity index is 1130. The van der Waals surface area contributed by atoms with Crippen molar-refractivity contribution in [3.63, 3.8) is 0 Å². The molecule has 0 saturated carbocycles. The molecule has 5 nitrogen and oxygen atoms in total. The van der Waals surface area contributed by atoms with Gasteiger partial charge in [-0.1, -0.05) is 60.7 Å². The number of methoxy groups -OCH3 is 2. The maximum atomic E-state index is 13.5. The number of aryl methyl sites for hydroxylation is 1. The molecule has 0 amide bonds. The van der Waals surface area contributed by atoms with Gasteiger partial charge in [0.1, 0.15) is 0 Å². The normalized spacial score (nSPS) is 16.5. The second-order valence-electron chi connectivity index (χ2n) is 7.63. The smallest absolute Gasteiger partial charge is 0.215 e. The Hall–Kier alpha value is -2.83. The zero-order chi connectivity index (χ0) is 21.8. The van der Waals surface area contributed by atoms with Crippen molar-refractivity contribution in [1.82, 2.24) is 4.31 Å². The van der Waals surface area contributed by atoms with Crippen molar-refractivity contribution >= 4 is 10.0 Å². The van der Waals surface area contributed by atoms with E-state index in [0.29, 0.717) is 30.9 Å². The van der Waals surface area contributed by atoms with Gasteiger partial charge in [0.2, 0.25) is 10.0 Å². The summed E-state index contributed by atoms with van der Waals surface area (Å²) in [6.45, 7) is 0.430. The van der Waals surface area contributed by atoms with E-state index in [9.17, 15) is 8.42 Å². The first-order valence-corrected chi connectivity index (χ1v) is 12.0. The molecule has 0 fully saturated rings. The molecule has 31 heavy (non-hydrogen) atoms. The van der Waals surface area contributed by atoms with E-state index in [1.54, 1.807) is 18.5 Å². The Morgan fingerprint density at radius 3 is 2.16 bits per heavy atom. The minimum absolute atomic E-state index is 0.0724. The molecule has 1 aliphatic rings. The third kappa shape index (κ3) is 4.45. The Morgan fingerprint density at radius 1 is 0.903 bits per heavy atom. The van der Waals surface area contributed by atoms with Crippen LogP contribution in [0.25, 0.3) is 0 Å². The van der Waals surface area contributed by atoms with Gasteiger partial charge in [-0.3, -0.25) is 0 Å². The van der Waals surface area contributed by atoms with Crippen molar-refractivity contribution in [2.45, 2.75) is 18.9 Å². The topological polar surface area (TPSA) is 55.8 Å². The molecule has 3 aromatic carbocycles. The molecule has 0 saturated heterocycles. The van der Waals surface area contributed by atoms with E-state index in [-0.39, 0.29) is 5.75 Å². The molecular formula is C25H27NO4S. The first-order valence-electron chi connectivity index (χ1n) is 10.4. The number of nitrogens with zero attached hydrogens (tertiary/aromatic N) is 1. The van der Waals surface area contributed by atoms with Gasteiger partial charge >= 0.3 is 0 Å². The van der Waals surface area contributed by atoms with Crippen LogP contribution in [0.3, 0.4) is 0 Å². The van der Waals surface area contributed by atoms with Gasteiger partial charge in [0, 0.05) is 6.54 Å². The first-order chi connectivity index (χ1) is 15.0. The summed E-state index contributed by atoms with van der Waals surface area (Å²) >= 11 is 0. The van der Waals surface area contributed by atoms with Crippen molar-refractivity contribution in [3.05, 3.63) is 95.1 Å². The van der Waals surface area contributed by atoms with Crippen LogP contribution < -0.4 is 9.47 Å². The maximum absolute atomic E-state index is 13.5. The van der Waals surface area contributed by atoms with Crippen LogP contribution in [0.1, 0.15) is 28.3 Å². The maximum Gasteiger partial charge on any atom is 0.215 e. The lowest BCUT2D eigenvalue weighted by Crippen LogP contribution is -2.42. The molecule has 4 rings (SSSR count). The molecule has 3 aromatic rings. The van der Waals surface area contributed by atoms with Crippen molar-refractivity contribution in [1.29, 1.82) is 0 Å². The monoisotopic (exact) mass is 437 g/mol. The number of fused-ring (bicyclic) bond motifs is 1. The van der Waals surface area contributed by atoms with Crippen LogP contribution in [0.5, 0.6) is 11.5 Å². The van der Waals surface area contributed by atoms with Gasteiger partial charge in [-0.25, -0.2) is 8.42 Å². The highest BCUT2D eigenvalue weighted by Crippen LogP contribution is 2.42. The van der Waals surface area contributed by atoms with Gasteiger partial charge in [-0.05, 0) is 47.2 Å². The third-order valence-electron chi connectivity index (χ3n) is 5.79. The van der Waals surface area contributed by atoms with Gasteiger partial charge in [0.25, 0.3) is 0 Å². The number of ether oxygens (including phenoxy) is 2. The molecule has 1 aliphatic heterocycles. The molecule has 0 bridgehead atoms. The molecule has 0 radical (unpaired) electrons. The Morgan fingerprint density at radius 2 is 1.52 bits per heavy atom. The predicted molar refractivity (Wildman–Crippen MR) is 122 cm³/mol. The minimum Gasteiger partial charge on any atom is -0.493 e. The highest BCUT2D eigenvalue weighted by Gasteiger charge is 2.37. The van der Waals surface area contributed by atoms with E-state index < -0.39 is 16.1 Å². The SMILES string of the molecule is COc1cc2c(cc1OC)C(c1ccccc1)N(S(=O)(=O)CCc1ccccc1)CC2. The summed E-state index contributed by atoms with van der Waals surface area (Å²) in [4.78, 5) is 0. The van der Waals surface area contributed by atoms with Crippen molar-refractivity contribution in [2.24, 2.45) is 0 Å². The standard InChI is InChI=1S/C25H27NO4S/c1-29-23-17-21-13-15-26(31(27,28)16-14-19-9-5-3-6-10-19)25(20-11-7-4-8-12-20)22(21)18-24(23)30-2/h3-12,17-18,25H,13-16H2,1-2H3. The van der Waals surface area contributed by atoms with Gasteiger partial charge < -0.3 is 9.47 Å². The fraction of sp³-hybridized carbons (Fsp3) is 0.280. The van der Waals surface area contributed by atoms with Crippen LogP contribution in [-0.2, 0) is 22.9 Å². The van der Waals surface area contributed by atoms with E-state index in [0.717, 1.165) is 22.3 Å². The highest BCUT2D eigenvalue weighted by molar-refractivity contribution is 7.89. The number of rotatable bonds is 7. The molecule has 0 aromatic heterocycles.